The average molecular weight is 328 g/mol. The van der Waals surface area contributed by atoms with Crippen LogP contribution in [0.5, 0.6) is 0 Å². The zero-order valence-electron chi connectivity index (χ0n) is 13.8. The quantitative estimate of drug-likeness (QED) is 0.681. The minimum absolute atomic E-state index is 0.114. The molecule has 0 N–H and O–H groups in total. The monoisotopic (exact) mass is 328 g/mol. The van der Waals surface area contributed by atoms with Crippen molar-refractivity contribution in [1.29, 1.82) is 0 Å². The van der Waals surface area contributed by atoms with E-state index in [9.17, 15) is 4.79 Å². The SMILES string of the molecule is CC.CC(=O)CSc1nnc(C)n1-c1cccc2cccnc12. The average Bonchev–Trinajstić information content (AvgIpc) is 2.95. The molecule has 0 bridgehead atoms. The van der Waals surface area contributed by atoms with E-state index in [0.29, 0.717) is 10.9 Å². The number of thioether (sulfide) groups is 1. The summed E-state index contributed by atoms with van der Waals surface area (Å²) < 4.78 is 1.95. The minimum atomic E-state index is 0.114. The van der Waals surface area contributed by atoms with Gasteiger partial charge in [0.1, 0.15) is 11.6 Å². The number of hydrogen-bond donors (Lipinski definition) is 0. The van der Waals surface area contributed by atoms with Crippen LogP contribution in [0.15, 0.2) is 41.7 Å². The Hall–Kier alpha value is -2.21. The molecule has 6 heteroatoms. The molecule has 0 aliphatic heterocycles. The van der Waals surface area contributed by atoms with E-state index in [-0.39, 0.29) is 5.78 Å². The van der Waals surface area contributed by atoms with Gasteiger partial charge in [-0.05, 0) is 26.0 Å². The first-order valence-corrected chi connectivity index (χ1v) is 8.54. The third-order valence-electron chi connectivity index (χ3n) is 3.05. The molecule has 1 aromatic carbocycles. The summed E-state index contributed by atoms with van der Waals surface area (Å²) in [5.74, 6) is 1.28. The summed E-state index contributed by atoms with van der Waals surface area (Å²) in [5.41, 5.74) is 1.83. The number of carbonyl (C=O) groups is 1. The van der Waals surface area contributed by atoms with Crippen LogP contribution in [-0.4, -0.2) is 31.3 Å². The minimum Gasteiger partial charge on any atom is -0.299 e. The standard InChI is InChI=1S/C15H14N4OS.C2H6/c1-10(20)9-21-15-18-17-11(2)19(15)13-7-3-5-12-6-4-8-16-14(12)13;1-2/h3-8H,9H2,1-2H3;1-2H3. The Morgan fingerprint density at radius 3 is 2.65 bits per heavy atom. The zero-order valence-corrected chi connectivity index (χ0v) is 14.6. The first kappa shape index (κ1) is 17.1. The van der Waals surface area contributed by atoms with Gasteiger partial charge in [-0.25, -0.2) is 0 Å². The molecule has 0 aliphatic carbocycles. The fourth-order valence-corrected chi connectivity index (χ4v) is 2.94. The fraction of sp³-hybridized carbons (Fsp3) is 0.294. The number of benzene rings is 1. The van der Waals surface area contributed by atoms with Crippen LogP contribution < -0.4 is 0 Å². The number of rotatable bonds is 4. The molecule has 0 amide bonds. The van der Waals surface area contributed by atoms with Crippen LogP contribution in [0.25, 0.3) is 16.6 Å². The fourth-order valence-electron chi connectivity index (χ4n) is 2.15. The lowest BCUT2D eigenvalue weighted by Gasteiger charge is -2.10. The first-order chi connectivity index (χ1) is 11.2. The van der Waals surface area contributed by atoms with Gasteiger partial charge in [0.15, 0.2) is 5.16 Å². The van der Waals surface area contributed by atoms with Gasteiger partial charge in [0.2, 0.25) is 0 Å². The van der Waals surface area contributed by atoms with Gasteiger partial charge >= 0.3 is 0 Å². The maximum Gasteiger partial charge on any atom is 0.196 e. The summed E-state index contributed by atoms with van der Waals surface area (Å²) in [7, 11) is 0. The van der Waals surface area contributed by atoms with Crippen LogP contribution in [0.2, 0.25) is 0 Å². The summed E-state index contributed by atoms with van der Waals surface area (Å²) >= 11 is 1.39. The Morgan fingerprint density at radius 2 is 1.91 bits per heavy atom. The van der Waals surface area contributed by atoms with Gasteiger partial charge in [-0.15, -0.1) is 10.2 Å². The highest BCUT2D eigenvalue weighted by Gasteiger charge is 2.14. The molecule has 0 aliphatic rings. The van der Waals surface area contributed by atoms with Crippen LogP contribution in [0.1, 0.15) is 26.6 Å². The number of Topliss-reactive ketones (excluding diaryl/α,β-unsaturated/α-hetero) is 1. The second kappa shape index (κ2) is 7.87. The number of carbonyl (C=O) groups excluding carboxylic acids is 1. The topological polar surface area (TPSA) is 60.7 Å². The number of aryl methyl sites for hydroxylation is 1. The molecule has 0 saturated heterocycles. The van der Waals surface area contributed by atoms with E-state index in [4.69, 9.17) is 0 Å². The van der Waals surface area contributed by atoms with Crippen LogP contribution in [0, 0.1) is 6.92 Å². The number of ketones is 1. The molecule has 0 unspecified atom stereocenters. The predicted molar refractivity (Wildman–Crippen MR) is 94.2 cm³/mol. The van der Waals surface area contributed by atoms with Crippen molar-refractivity contribution >= 4 is 28.4 Å². The molecule has 0 radical (unpaired) electrons. The van der Waals surface area contributed by atoms with Gasteiger partial charge in [0, 0.05) is 11.6 Å². The number of fused-ring (bicyclic) bond motifs is 1. The van der Waals surface area contributed by atoms with E-state index in [1.807, 2.05) is 55.7 Å². The predicted octanol–water partition coefficient (Wildman–Crippen LogP) is 3.83. The van der Waals surface area contributed by atoms with Crippen LogP contribution in [0.4, 0.5) is 0 Å². The lowest BCUT2D eigenvalue weighted by atomic mass is 10.2. The van der Waals surface area contributed by atoms with Gasteiger partial charge in [-0.2, -0.15) is 0 Å². The van der Waals surface area contributed by atoms with E-state index < -0.39 is 0 Å². The third kappa shape index (κ3) is 3.76. The molecule has 3 aromatic rings. The number of hydrogen-bond acceptors (Lipinski definition) is 5. The molecule has 120 valence electrons. The maximum absolute atomic E-state index is 11.2. The van der Waals surface area contributed by atoms with Crippen molar-refractivity contribution < 1.29 is 4.79 Å². The van der Waals surface area contributed by atoms with Crippen molar-refractivity contribution in [1.82, 2.24) is 19.7 Å². The lowest BCUT2D eigenvalue weighted by Crippen LogP contribution is -2.03. The molecular weight excluding hydrogens is 308 g/mol. The van der Waals surface area contributed by atoms with E-state index in [1.165, 1.54) is 11.8 Å². The largest absolute Gasteiger partial charge is 0.299 e. The summed E-state index contributed by atoms with van der Waals surface area (Å²) in [5, 5.41) is 10.1. The Kier molecular flexibility index (Phi) is 5.87. The van der Waals surface area contributed by atoms with E-state index in [1.54, 1.807) is 13.1 Å². The molecule has 0 saturated carbocycles. The number of aromatic nitrogens is 4. The highest BCUT2D eigenvalue weighted by atomic mass is 32.2. The van der Waals surface area contributed by atoms with Gasteiger partial charge in [-0.1, -0.05) is 43.8 Å². The molecule has 23 heavy (non-hydrogen) atoms. The maximum atomic E-state index is 11.2. The first-order valence-electron chi connectivity index (χ1n) is 7.55. The summed E-state index contributed by atoms with van der Waals surface area (Å²) in [4.78, 5) is 15.7. The van der Waals surface area contributed by atoms with Gasteiger partial charge in [-0.3, -0.25) is 14.3 Å². The molecule has 0 spiro atoms. The molecule has 5 nitrogen and oxygen atoms in total. The van der Waals surface area contributed by atoms with Crippen LogP contribution in [0.3, 0.4) is 0 Å². The molecule has 2 aromatic heterocycles. The Balaban J connectivity index is 0.000000924. The highest BCUT2D eigenvalue weighted by Crippen LogP contribution is 2.26. The molecule has 3 rings (SSSR count). The van der Waals surface area contributed by atoms with Gasteiger partial charge in [0.05, 0.1) is 17.0 Å². The lowest BCUT2D eigenvalue weighted by molar-refractivity contribution is -0.114. The van der Waals surface area contributed by atoms with Crippen molar-refractivity contribution in [2.75, 3.05) is 5.75 Å². The van der Waals surface area contributed by atoms with E-state index in [2.05, 4.69) is 15.2 Å². The molecular formula is C17H20N4OS. The van der Waals surface area contributed by atoms with Crippen molar-refractivity contribution in [3.05, 3.63) is 42.4 Å². The van der Waals surface area contributed by atoms with Crippen molar-refractivity contribution in [3.8, 4) is 5.69 Å². The normalized spacial score (nSPS) is 10.3. The van der Waals surface area contributed by atoms with Crippen molar-refractivity contribution in [2.45, 2.75) is 32.9 Å². The molecule has 0 atom stereocenters. The third-order valence-corrected chi connectivity index (χ3v) is 4.13. The van der Waals surface area contributed by atoms with E-state index >= 15 is 0 Å². The number of para-hydroxylation sites is 1. The molecule has 0 fully saturated rings. The number of pyridine rings is 1. The highest BCUT2D eigenvalue weighted by molar-refractivity contribution is 7.99. The Morgan fingerprint density at radius 1 is 1.17 bits per heavy atom. The summed E-state index contributed by atoms with van der Waals surface area (Å²) in [6.45, 7) is 7.46. The zero-order chi connectivity index (χ0) is 16.8. The van der Waals surface area contributed by atoms with Gasteiger partial charge in [0.25, 0.3) is 0 Å². The van der Waals surface area contributed by atoms with Crippen molar-refractivity contribution in [3.63, 3.8) is 0 Å². The van der Waals surface area contributed by atoms with Crippen molar-refractivity contribution in [2.24, 2.45) is 0 Å². The number of nitrogens with zero attached hydrogens (tertiary/aromatic N) is 4. The summed E-state index contributed by atoms with van der Waals surface area (Å²) in [6, 6.07) is 9.93. The Bertz CT molecular complexity index is 808. The smallest absolute Gasteiger partial charge is 0.196 e. The van der Waals surface area contributed by atoms with E-state index in [0.717, 1.165) is 22.4 Å². The summed E-state index contributed by atoms with van der Waals surface area (Å²) in [6.07, 6.45) is 1.77. The van der Waals surface area contributed by atoms with Crippen LogP contribution in [-0.2, 0) is 4.79 Å². The second-order valence-corrected chi connectivity index (χ2v) is 5.65. The molecule has 2 heterocycles. The second-order valence-electron chi connectivity index (χ2n) is 4.71. The van der Waals surface area contributed by atoms with Crippen LogP contribution >= 0.6 is 11.8 Å². The van der Waals surface area contributed by atoms with Gasteiger partial charge < -0.3 is 0 Å². The Labute approximate surface area is 140 Å².